The first-order valence-corrected chi connectivity index (χ1v) is 7.06. The van der Waals surface area contributed by atoms with E-state index in [1.54, 1.807) is 23.1 Å². The molecule has 1 aliphatic heterocycles. The summed E-state index contributed by atoms with van der Waals surface area (Å²) < 4.78 is 0. The van der Waals surface area contributed by atoms with E-state index < -0.39 is 5.97 Å². The maximum atomic E-state index is 12.3. The highest BCUT2D eigenvalue weighted by Crippen LogP contribution is 2.18. The smallest absolute Gasteiger partial charge is 0.337 e. The summed E-state index contributed by atoms with van der Waals surface area (Å²) in [6.45, 7) is 4.95. The van der Waals surface area contributed by atoms with Crippen molar-refractivity contribution in [1.82, 2.24) is 9.80 Å². The standard InChI is InChI=1S/C15H21N3O3/c1-11-4-5-13(12(10-11)14(19)20)16-15(21)18-7-3-6-17(2)8-9-18/h4-5,10H,3,6-9H2,1-2H3,(H,16,21)(H,19,20). The van der Waals surface area contributed by atoms with Gasteiger partial charge < -0.3 is 20.2 Å². The molecule has 6 nitrogen and oxygen atoms in total. The van der Waals surface area contributed by atoms with Crippen molar-refractivity contribution in [3.63, 3.8) is 0 Å². The van der Waals surface area contributed by atoms with Crippen molar-refractivity contribution in [3.05, 3.63) is 29.3 Å². The van der Waals surface area contributed by atoms with Gasteiger partial charge in [-0.15, -0.1) is 0 Å². The highest BCUT2D eigenvalue weighted by Gasteiger charge is 2.19. The summed E-state index contributed by atoms with van der Waals surface area (Å²) in [5.41, 5.74) is 1.31. The van der Waals surface area contributed by atoms with Crippen molar-refractivity contribution in [2.75, 3.05) is 38.5 Å². The zero-order chi connectivity index (χ0) is 15.4. The van der Waals surface area contributed by atoms with Crippen LogP contribution in [-0.2, 0) is 0 Å². The molecule has 1 heterocycles. The van der Waals surface area contributed by atoms with Gasteiger partial charge in [-0.1, -0.05) is 11.6 Å². The SMILES string of the molecule is Cc1ccc(NC(=O)N2CCCN(C)CC2)c(C(=O)O)c1. The van der Waals surface area contributed by atoms with Crippen LogP contribution in [0.4, 0.5) is 10.5 Å². The third kappa shape index (κ3) is 3.95. The van der Waals surface area contributed by atoms with Crippen LogP contribution < -0.4 is 5.32 Å². The van der Waals surface area contributed by atoms with E-state index in [0.29, 0.717) is 18.8 Å². The molecule has 0 bridgehead atoms. The van der Waals surface area contributed by atoms with E-state index in [1.165, 1.54) is 0 Å². The lowest BCUT2D eigenvalue weighted by Crippen LogP contribution is -2.37. The number of amides is 2. The predicted molar refractivity (Wildman–Crippen MR) is 80.8 cm³/mol. The number of carbonyl (C=O) groups is 2. The van der Waals surface area contributed by atoms with Gasteiger partial charge in [-0.25, -0.2) is 9.59 Å². The monoisotopic (exact) mass is 291 g/mol. The molecule has 1 aliphatic rings. The summed E-state index contributed by atoms with van der Waals surface area (Å²) in [7, 11) is 2.03. The van der Waals surface area contributed by atoms with Gasteiger partial charge in [-0.3, -0.25) is 0 Å². The highest BCUT2D eigenvalue weighted by atomic mass is 16.4. The Labute approximate surface area is 124 Å². The van der Waals surface area contributed by atoms with E-state index in [4.69, 9.17) is 0 Å². The van der Waals surface area contributed by atoms with E-state index in [-0.39, 0.29) is 11.6 Å². The van der Waals surface area contributed by atoms with Crippen molar-refractivity contribution in [2.24, 2.45) is 0 Å². The minimum Gasteiger partial charge on any atom is -0.478 e. The average Bonchev–Trinajstić information content (AvgIpc) is 2.65. The van der Waals surface area contributed by atoms with Crippen LogP contribution >= 0.6 is 0 Å². The number of urea groups is 1. The predicted octanol–water partition coefficient (Wildman–Crippen LogP) is 1.86. The third-order valence-electron chi connectivity index (χ3n) is 3.65. The number of aromatic carboxylic acids is 1. The fourth-order valence-corrected chi connectivity index (χ4v) is 2.39. The second-order valence-corrected chi connectivity index (χ2v) is 5.43. The molecule has 21 heavy (non-hydrogen) atoms. The van der Waals surface area contributed by atoms with Crippen molar-refractivity contribution in [3.8, 4) is 0 Å². The second-order valence-electron chi connectivity index (χ2n) is 5.43. The lowest BCUT2D eigenvalue weighted by molar-refractivity contribution is 0.0698. The molecule has 0 spiro atoms. The Kier molecular flexibility index (Phi) is 4.80. The second kappa shape index (κ2) is 6.58. The normalized spacial score (nSPS) is 16.4. The first-order valence-electron chi connectivity index (χ1n) is 7.06. The Bertz CT molecular complexity index is 545. The first-order chi connectivity index (χ1) is 9.97. The number of aryl methyl sites for hydroxylation is 1. The molecule has 2 amide bonds. The molecule has 114 valence electrons. The molecular weight excluding hydrogens is 270 g/mol. The maximum Gasteiger partial charge on any atom is 0.337 e. The van der Waals surface area contributed by atoms with Crippen molar-refractivity contribution < 1.29 is 14.7 Å². The van der Waals surface area contributed by atoms with Crippen molar-refractivity contribution in [2.45, 2.75) is 13.3 Å². The number of rotatable bonds is 2. The third-order valence-corrected chi connectivity index (χ3v) is 3.65. The number of carboxylic acid groups (broad SMARTS) is 1. The zero-order valence-electron chi connectivity index (χ0n) is 12.4. The number of benzene rings is 1. The van der Waals surface area contributed by atoms with Gasteiger partial charge in [0.2, 0.25) is 0 Å². The summed E-state index contributed by atoms with van der Waals surface area (Å²) >= 11 is 0. The van der Waals surface area contributed by atoms with E-state index in [0.717, 1.165) is 25.1 Å². The molecule has 1 saturated heterocycles. The minimum absolute atomic E-state index is 0.121. The summed E-state index contributed by atoms with van der Waals surface area (Å²) in [4.78, 5) is 27.5. The zero-order valence-corrected chi connectivity index (χ0v) is 12.4. The molecule has 0 radical (unpaired) electrons. The van der Waals surface area contributed by atoms with Crippen LogP contribution in [0.2, 0.25) is 0 Å². The average molecular weight is 291 g/mol. The van der Waals surface area contributed by atoms with Gasteiger partial charge in [-0.05, 0) is 39.1 Å². The van der Waals surface area contributed by atoms with Crippen LogP contribution in [0.1, 0.15) is 22.3 Å². The molecule has 0 aliphatic carbocycles. The van der Waals surface area contributed by atoms with Gasteiger partial charge in [0, 0.05) is 19.6 Å². The Morgan fingerprint density at radius 2 is 1.95 bits per heavy atom. The number of carbonyl (C=O) groups excluding carboxylic acids is 1. The van der Waals surface area contributed by atoms with Gasteiger partial charge >= 0.3 is 12.0 Å². The summed E-state index contributed by atoms with van der Waals surface area (Å²) in [6.07, 6.45) is 0.920. The Morgan fingerprint density at radius 3 is 2.67 bits per heavy atom. The number of nitrogens with one attached hydrogen (secondary N) is 1. The van der Waals surface area contributed by atoms with Crippen LogP contribution in [0.5, 0.6) is 0 Å². The largest absolute Gasteiger partial charge is 0.478 e. The summed E-state index contributed by atoms with van der Waals surface area (Å²) in [6, 6.07) is 4.75. The van der Waals surface area contributed by atoms with Crippen LogP contribution in [-0.4, -0.2) is 60.1 Å². The molecule has 2 N–H and O–H groups in total. The highest BCUT2D eigenvalue weighted by molar-refractivity contribution is 6.00. The topological polar surface area (TPSA) is 72.9 Å². The van der Waals surface area contributed by atoms with Gasteiger partial charge in [0.15, 0.2) is 0 Å². The lowest BCUT2D eigenvalue weighted by Gasteiger charge is -2.21. The summed E-state index contributed by atoms with van der Waals surface area (Å²) in [5.74, 6) is -1.04. The quantitative estimate of drug-likeness (QED) is 0.872. The van der Waals surface area contributed by atoms with Gasteiger partial charge in [0.1, 0.15) is 0 Å². The molecular formula is C15H21N3O3. The van der Waals surface area contributed by atoms with Gasteiger partial charge in [0.05, 0.1) is 11.3 Å². The Hall–Kier alpha value is -2.08. The molecule has 1 aromatic rings. The van der Waals surface area contributed by atoms with E-state index in [9.17, 15) is 14.7 Å². The van der Waals surface area contributed by atoms with E-state index in [1.807, 2.05) is 14.0 Å². The molecule has 1 aromatic carbocycles. The van der Waals surface area contributed by atoms with Crippen LogP contribution in [0.25, 0.3) is 0 Å². The van der Waals surface area contributed by atoms with Gasteiger partial charge in [0.25, 0.3) is 0 Å². The van der Waals surface area contributed by atoms with E-state index >= 15 is 0 Å². The molecule has 0 atom stereocenters. The number of nitrogens with zero attached hydrogens (tertiary/aromatic N) is 2. The number of carboxylic acids is 1. The van der Waals surface area contributed by atoms with E-state index in [2.05, 4.69) is 10.2 Å². The Balaban J connectivity index is 2.10. The lowest BCUT2D eigenvalue weighted by atomic mass is 10.1. The fraction of sp³-hybridized carbons (Fsp3) is 0.467. The van der Waals surface area contributed by atoms with Crippen LogP contribution in [0, 0.1) is 6.92 Å². The molecule has 0 saturated carbocycles. The number of hydrogen-bond acceptors (Lipinski definition) is 3. The van der Waals surface area contributed by atoms with Gasteiger partial charge in [-0.2, -0.15) is 0 Å². The molecule has 1 fully saturated rings. The Morgan fingerprint density at radius 1 is 1.19 bits per heavy atom. The molecule has 0 unspecified atom stereocenters. The molecule has 6 heteroatoms. The number of hydrogen-bond donors (Lipinski definition) is 2. The number of likely N-dealkylation sites (N-methyl/N-ethyl adjacent to an activating group) is 1. The van der Waals surface area contributed by atoms with Crippen LogP contribution in [0.15, 0.2) is 18.2 Å². The van der Waals surface area contributed by atoms with Crippen molar-refractivity contribution in [1.29, 1.82) is 0 Å². The summed E-state index contributed by atoms with van der Waals surface area (Å²) in [5, 5.41) is 11.9. The fourth-order valence-electron chi connectivity index (χ4n) is 2.39. The van der Waals surface area contributed by atoms with Crippen LogP contribution in [0.3, 0.4) is 0 Å². The maximum absolute atomic E-state index is 12.3. The van der Waals surface area contributed by atoms with Crippen molar-refractivity contribution >= 4 is 17.7 Å². The number of anilines is 1. The minimum atomic E-state index is -1.04. The first kappa shape index (κ1) is 15.3. The molecule has 2 rings (SSSR count). The molecule has 0 aromatic heterocycles.